The van der Waals surface area contributed by atoms with Crippen LogP contribution in [0.1, 0.15) is 45.4 Å². The van der Waals surface area contributed by atoms with Crippen LogP contribution in [0, 0.1) is 0 Å². The van der Waals surface area contributed by atoms with Crippen LogP contribution < -0.4 is 24.8 Å². The van der Waals surface area contributed by atoms with Crippen LogP contribution in [-0.2, 0) is 12.8 Å². The zero-order valence-corrected chi connectivity index (χ0v) is 15.9. The molecular weight excluding hydrogens is 352 g/mol. The summed E-state index contributed by atoms with van der Waals surface area (Å²) in [6.07, 6.45) is 4.07. The molecule has 138 valence electrons. The summed E-state index contributed by atoms with van der Waals surface area (Å²) in [5, 5.41) is 7.50. The van der Waals surface area contributed by atoms with E-state index in [-0.39, 0.29) is 12.1 Å². The smallest absolute Gasteiger partial charge is 0.256 e. The highest BCUT2D eigenvalue weighted by molar-refractivity contribution is 7.16. The second kappa shape index (κ2) is 6.72. The summed E-state index contributed by atoms with van der Waals surface area (Å²) in [4.78, 5) is 14.1. The first-order valence-corrected chi connectivity index (χ1v) is 9.49. The Morgan fingerprint density at radius 2 is 1.69 bits per heavy atom. The van der Waals surface area contributed by atoms with Gasteiger partial charge in [-0.2, -0.15) is 0 Å². The number of anilines is 1. The standard InChI is InChI=1S/C19H22N2O4S/c1-23-12-8-10(9-13(24-2)16(12)25-3)17-20-18(22)15-11-6-4-5-7-14(11)26-19(15)21-17/h8-9,17,21H,4-7H2,1-3H3,(H,20,22)/t17-/m1/s1. The molecule has 0 saturated carbocycles. The average molecular weight is 374 g/mol. The Hall–Kier alpha value is -2.41. The quantitative estimate of drug-likeness (QED) is 0.857. The van der Waals surface area contributed by atoms with E-state index in [1.54, 1.807) is 32.7 Å². The van der Waals surface area contributed by atoms with Crippen molar-refractivity contribution >= 4 is 22.2 Å². The van der Waals surface area contributed by atoms with Crippen molar-refractivity contribution < 1.29 is 19.0 Å². The van der Waals surface area contributed by atoms with Gasteiger partial charge in [-0.15, -0.1) is 11.3 Å². The Labute approximate surface area is 156 Å². The van der Waals surface area contributed by atoms with E-state index < -0.39 is 0 Å². The van der Waals surface area contributed by atoms with Crippen LogP contribution in [0.5, 0.6) is 17.2 Å². The Bertz CT molecular complexity index is 836. The van der Waals surface area contributed by atoms with Crippen molar-refractivity contribution in [2.75, 3.05) is 26.6 Å². The fraction of sp³-hybridized carbons (Fsp3) is 0.421. The summed E-state index contributed by atoms with van der Waals surface area (Å²) in [6, 6.07) is 3.72. The summed E-state index contributed by atoms with van der Waals surface area (Å²) in [6.45, 7) is 0. The zero-order valence-electron chi connectivity index (χ0n) is 15.1. The molecule has 1 atom stereocenters. The van der Waals surface area contributed by atoms with Crippen molar-refractivity contribution in [3.63, 3.8) is 0 Å². The number of hydrogen-bond donors (Lipinski definition) is 2. The van der Waals surface area contributed by atoms with Gasteiger partial charge in [0, 0.05) is 10.4 Å². The zero-order chi connectivity index (χ0) is 18.3. The first-order chi connectivity index (χ1) is 12.7. The predicted octanol–water partition coefficient (Wildman–Crippen LogP) is 3.51. The number of fused-ring (bicyclic) bond motifs is 3. The summed E-state index contributed by atoms with van der Waals surface area (Å²) >= 11 is 1.71. The number of aryl methyl sites for hydroxylation is 1. The molecule has 1 aliphatic heterocycles. The van der Waals surface area contributed by atoms with Crippen LogP contribution in [-0.4, -0.2) is 27.2 Å². The Kier molecular flexibility index (Phi) is 4.40. The maximum Gasteiger partial charge on any atom is 0.256 e. The number of amides is 1. The van der Waals surface area contributed by atoms with E-state index in [9.17, 15) is 4.79 Å². The van der Waals surface area contributed by atoms with E-state index in [4.69, 9.17) is 14.2 Å². The molecule has 0 spiro atoms. The Morgan fingerprint density at radius 3 is 2.35 bits per heavy atom. The van der Waals surface area contributed by atoms with Crippen molar-refractivity contribution in [2.24, 2.45) is 0 Å². The Balaban J connectivity index is 1.72. The molecule has 2 aromatic rings. The highest BCUT2D eigenvalue weighted by Crippen LogP contribution is 2.44. The average Bonchev–Trinajstić information content (AvgIpc) is 3.05. The number of nitrogens with one attached hydrogen (secondary N) is 2. The molecule has 2 N–H and O–H groups in total. The molecule has 4 rings (SSSR count). The molecule has 6 nitrogen and oxygen atoms in total. The molecular formula is C19H22N2O4S. The third-order valence-corrected chi connectivity index (χ3v) is 6.19. The van der Waals surface area contributed by atoms with Crippen molar-refractivity contribution in [3.05, 3.63) is 33.7 Å². The fourth-order valence-electron chi connectivity index (χ4n) is 3.71. The summed E-state index contributed by atoms with van der Waals surface area (Å²) in [5.74, 6) is 1.65. The molecule has 0 fully saturated rings. The van der Waals surface area contributed by atoms with E-state index in [2.05, 4.69) is 10.6 Å². The maximum atomic E-state index is 12.8. The first-order valence-electron chi connectivity index (χ1n) is 8.68. The van der Waals surface area contributed by atoms with Gasteiger partial charge in [0.15, 0.2) is 11.5 Å². The van der Waals surface area contributed by atoms with Crippen LogP contribution in [0.2, 0.25) is 0 Å². The van der Waals surface area contributed by atoms with Gasteiger partial charge in [0.1, 0.15) is 11.2 Å². The molecule has 1 aliphatic carbocycles. The van der Waals surface area contributed by atoms with Gasteiger partial charge in [-0.3, -0.25) is 4.79 Å². The molecule has 0 saturated heterocycles. The lowest BCUT2D eigenvalue weighted by Gasteiger charge is -2.27. The summed E-state index contributed by atoms with van der Waals surface area (Å²) < 4.78 is 16.2. The second-order valence-electron chi connectivity index (χ2n) is 6.42. The number of carbonyl (C=O) groups is 1. The van der Waals surface area contributed by atoms with Gasteiger partial charge in [-0.1, -0.05) is 0 Å². The van der Waals surface area contributed by atoms with E-state index in [0.29, 0.717) is 17.2 Å². The molecule has 1 amide bonds. The van der Waals surface area contributed by atoms with E-state index in [0.717, 1.165) is 35.4 Å². The van der Waals surface area contributed by atoms with Crippen LogP contribution in [0.15, 0.2) is 12.1 Å². The van der Waals surface area contributed by atoms with Gasteiger partial charge in [0.25, 0.3) is 5.91 Å². The lowest BCUT2D eigenvalue weighted by atomic mass is 9.94. The van der Waals surface area contributed by atoms with Crippen molar-refractivity contribution in [1.82, 2.24) is 5.32 Å². The minimum Gasteiger partial charge on any atom is -0.493 e. The minimum atomic E-state index is -0.344. The van der Waals surface area contributed by atoms with Crippen molar-refractivity contribution in [2.45, 2.75) is 31.8 Å². The monoisotopic (exact) mass is 374 g/mol. The lowest BCUT2D eigenvalue weighted by molar-refractivity contribution is 0.0935. The summed E-state index contributed by atoms with van der Waals surface area (Å²) in [7, 11) is 4.74. The second-order valence-corrected chi connectivity index (χ2v) is 7.53. The molecule has 0 bridgehead atoms. The normalized spacial score (nSPS) is 18.3. The number of thiophene rings is 1. The topological polar surface area (TPSA) is 68.8 Å². The van der Waals surface area contributed by atoms with Crippen LogP contribution >= 0.6 is 11.3 Å². The SMILES string of the molecule is COc1cc([C@@H]2NC(=O)c3c(sc4c3CCCC4)N2)cc(OC)c1OC. The molecule has 2 aliphatic rings. The van der Waals surface area contributed by atoms with Gasteiger partial charge in [0.05, 0.1) is 26.9 Å². The van der Waals surface area contributed by atoms with Gasteiger partial charge < -0.3 is 24.8 Å². The van der Waals surface area contributed by atoms with E-state index in [1.165, 1.54) is 16.9 Å². The predicted molar refractivity (Wildman–Crippen MR) is 101 cm³/mol. The molecule has 0 unspecified atom stereocenters. The number of rotatable bonds is 4. The van der Waals surface area contributed by atoms with E-state index in [1.807, 2.05) is 12.1 Å². The minimum absolute atomic E-state index is 0.0168. The van der Waals surface area contributed by atoms with Crippen LogP contribution in [0.3, 0.4) is 0 Å². The molecule has 1 aromatic carbocycles. The van der Waals surface area contributed by atoms with Crippen molar-refractivity contribution in [3.8, 4) is 17.2 Å². The maximum absolute atomic E-state index is 12.8. The largest absolute Gasteiger partial charge is 0.493 e. The van der Waals surface area contributed by atoms with Crippen LogP contribution in [0.4, 0.5) is 5.00 Å². The lowest BCUT2D eigenvalue weighted by Crippen LogP contribution is -2.38. The number of benzene rings is 1. The number of carbonyl (C=O) groups excluding carboxylic acids is 1. The number of ether oxygens (including phenoxy) is 3. The molecule has 0 radical (unpaired) electrons. The van der Waals surface area contributed by atoms with E-state index >= 15 is 0 Å². The summed E-state index contributed by atoms with van der Waals surface area (Å²) in [5.41, 5.74) is 2.91. The van der Waals surface area contributed by atoms with Gasteiger partial charge in [-0.25, -0.2) is 0 Å². The molecule has 1 aromatic heterocycles. The fourth-order valence-corrected chi connectivity index (χ4v) is 5.03. The van der Waals surface area contributed by atoms with Gasteiger partial charge >= 0.3 is 0 Å². The molecule has 26 heavy (non-hydrogen) atoms. The first kappa shape index (κ1) is 17.0. The van der Waals surface area contributed by atoms with Crippen LogP contribution in [0.25, 0.3) is 0 Å². The molecule has 2 heterocycles. The third-order valence-electron chi connectivity index (χ3n) is 4.97. The van der Waals surface area contributed by atoms with Crippen molar-refractivity contribution in [1.29, 1.82) is 0 Å². The number of methoxy groups -OCH3 is 3. The number of hydrogen-bond acceptors (Lipinski definition) is 6. The third kappa shape index (κ3) is 2.67. The van der Waals surface area contributed by atoms with Gasteiger partial charge in [-0.05, 0) is 43.4 Å². The van der Waals surface area contributed by atoms with Gasteiger partial charge in [0.2, 0.25) is 5.75 Å². The molecule has 7 heteroatoms. The highest BCUT2D eigenvalue weighted by Gasteiger charge is 2.32. The highest BCUT2D eigenvalue weighted by atomic mass is 32.1. The Morgan fingerprint density at radius 1 is 1.00 bits per heavy atom.